The van der Waals surface area contributed by atoms with Gasteiger partial charge >= 0.3 is 0 Å². The molecule has 0 fully saturated rings. The number of hydrogen-bond donors (Lipinski definition) is 1. The van der Waals surface area contributed by atoms with Gasteiger partial charge in [0, 0.05) is 12.4 Å². The molecule has 0 radical (unpaired) electrons. The van der Waals surface area contributed by atoms with Crippen molar-refractivity contribution >= 4 is 0 Å². The molecule has 0 aliphatic carbocycles. The minimum absolute atomic E-state index is 0.398. The van der Waals surface area contributed by atoms with Crippen LogP contribution in [0.25, 0.3) is 0 Å². The summed E-state index contributed by atoms with van der Waals surface area (Å²) in [4.78, 5) is 8.02. The zero-order valence-corrected chi connectivity index (χ0v) is 7.71. The van der Waals surface area contributed by atoms with E-state index in [2.05, 4.69) is 15.1 Å². The molecule has 2 aromatic heterocycles. The van der Waals surface area contributed by atoms with E-state index in [4.69, 9.17) is 10.3 Å². The highest BCUT2D eigenvalue weighted by Crippen LogP contribution is 2.15. The van der Waals surface area contributed by atoms with Crippen LogP contribution < -0.4 is 5.73 Å². The minimum Gasteiger partial charge on any atom is -0.337 e. The summed E-state index contributed by atoms with van der Waals surface area (Å²) in [5, 5.41) is 3.68. The van der Waals surface area contributed by atoms with Gasteiger partial charge < -0.3 is 10.3 Å². The molecule has 1 atom stereocenters. The normalized spacial score (nSPS) is 12.7. The summed E-state index contributed by atoms with van der Waals surface area (Å²) < 4.78 is 4.97. The summed E-state index contributed by atoms with van der Waals surface area (Å²) in [6, 6.07) is 3.29. The summed E-state index contributed by atoms with van der Waals surface area (Å²) >= 11 is 0. The summed E-state index contributed by atoms with van der Waals surface area (Å²) in [6.07, 6.45) is 3.37. The molecule has 2 rings (SSSR count). The number of rotatable bonds is 2. The minimum atomic E-state index is -0.398. The number of aromatic nitrogens is 3. The molecule has 0 aliphatic heterocycles. The molecular weight excluding hydrogens is 180 g/mol. The first-order valence-electron chi connectivity index (χ1n) is 4.23. The number of aryl methyl sites for hydroxylation is 1. The Bertz CT molecular complexity index is 412. The van der Waals surface area contributed by atoms with E-state index in [9.17, 15) is 0 Å². The van der Waals surface area contributed by atoms with Gasteiger partial charge in [0.25, 0.3) is 0 Å². The molecule has 5 nitrogen and oxygen atoms in total. The van der Waals surface area contributed by atoms with Crippen molar-refractivity contribution in [3.05, 3.63) is 41.8 Å². The van der Waals surface area contributed by atoms with Crippen molar-refractivity contribution in [2.45, 2.75) is 13.0 Å². The first-order chi connectivity index (χ1) is 6.77. The molecule has 14 heavy (non-hydrogen) atoms. The number of pyridine rings is 1. The maximum atomic E-state index is 5.89. The van der Waals surface area contributed by atoms with Gasteiger partial charge in [-0.3, -0.25) is 4.98 Å². The van der Waals surface area contributed by atoms with Gasteiger partial charge in [-0.15, -0.1) is 0 Å². The van der Waals surface area contributed by atoms with Crippen molar-refractivity contribution in [3.8, 4) is 0 Å². The van der Waals surface area contributed by atoms with Crippen molar-refractivity contribution in [3.63, 3.8) is 0 Å². The number of nitrogens with two attached hydrogens (primary N) is 1. The SMILES string of the molecule is Cc1noc([C@@H](N)c2cccnc2)n1. The first kappa shape index (κ1) is 8.83. The molecule has 0 unspecified atom stereocenters. The predicted octanol–water partition coefficient (Wildman–Crippen LogP) is 0.821. The lowest BCUT2D eigenvalue weighted by Crippen LogP contribution is -2.12. The van der Waals surface area contributed by atoms with Crippen LogP contribution in [0, 0.1) is 6.92 Å². The average molecular weight is 190 g/mol. The summed E-state index contributed by atoms with van der Waals surface area (Å²) in [5.41, 5.74) is 6.75. The van der Waals surface area contributed by atoms with Gasteiger partial charge in [-0.05, 0) is 18.6 Å². The van der Waals surface area contributed by atoms with Crippen molar-refractivity contribution in [2.75, 3.05) is 0 Å². The third-order valence-corrected chi connectivity index (χ3v) is 1.85. The van der Waals surface area contributed by atoms with Crippen molar-refractivity contribution in [1.29, 1.82) is 0 Å². The summed E-state index contributed by atoms with van der Waals surface area (Å²) in [6.45, 7) is 1.75. The Balaban J connectivity index is 2.29. The zero-order valence-electron chi connectivity index (χ0n) is 7.71. The topological polar surface area (TPSA) is 77.8 Å². The Kier molecular flexibility index (Phi) is 2.24. The van der Waals surface area contributed by atoms with E-state index < -0.39 is 6.04 Å². The fraction of sp³-hybridized carbons (Fsp3) is 0.222. The van der Waals surface area contributed by atoms with Crippen LogP contribution in [0.1, 0.15) is 23.3 Å². The van der Waals surface area contributed by atoms with Crippen molar-refractivity contribution < 1.29 is 4.52 Å². The monoisotopic (exact) mass is 190 g/mol. The Morgan fingerprint density at radius 2 is 2.36 bits per heavy atom. The van der Waals surface area contributed by atoms with E-state index in [0.717, 1.165) is 5.56 Å². The molecule has 0 spiro atoms. The van der Waals surface area contributed by atoms with Crippen LogP contribution in [0.2, 0.25) is 0 Å². The number of hydrogen-bond acceptors (Lipinski definition) is 5. The quantitative estimate of drug-likeness (QED) is 0.758. The van der Waals surface area contributed by atoms with E-state index in [-0.39, 0.29) is 0 Å². The number of nitrogens with zero attached hydrogens (tertiary/aromatic N) is 3. The molecule has 0 aliphatic rings. The van der Waals surface area contributed by atoms with E-state index in [1.165, 1.54) is 0 Å². The maximum absolute atomic E-state index is 5.89. The van der Waals surface area contributed by atoms with E-state index in [1.807, 2.05) is 12.1 Å². The fourth-order valence-electron chi connectivity index (χ4n) is 1.14. The smallest absolute Gasteiger partial charge is 0.248 e. The van der Waals surface area contributed by atoms with Gasteiger partial charge in [-0.2, -0.15) is 4.98 Å². The Morgan fingerprint density at radius 3 is 2.93 bits per heavy atom. The molecule has 0 saturated heterocycles. The highest BCUT2D eigenvalue weighted by molar-refractivity contribution is 5.18. The molecule has 2 heterocycles. The highest BCUT2D eigenvalue weighted by atomic mass is 16.5. The van der Waals surface area contributed by atoms with Gasteiger partial charge in [-0.1, -0.05) is 11.2 Å². The third-order valence-electron chi connectivity index (χ3n) is 1.85. The van der Waals surface area contributed by atoms with Gasteiger partial charge in [-0.25, -0.2) is 0 Å². The Hall–Kier alpha value is -1.75. The highest BCUT2D eigenvalue weighted by Gasteiger charge is 2.15. The lowest BCUT2D eigenvalue weighted by molar-refractivity contribution is 0.364. The molecule has 0 saturated carbocycles. The second-order valence-corrected chi connectivity index (χ2v) is 2.94. The fourth-order valence-corrected chi connectivity index (χ4v) is 1.14. The molecule has 5 heteroatoms. The zero-order chi connectivity index (χ0) is 9.97. The van der Waals surface area contributed by atoms with Crippen LogP contribution in [0.5, 0.6) is 0 Å². The van der Waals surface area contributed by atoms with Gasteiger partial charge in [0.05, 0.1) is 0 Å². The van der Waals surface area contributed by atoms with Gasteiger partial charge in [0.15, 0.2) is 5.82 Å². The lowest BCUT2D eigenvalue weighted by atomic mass is 10.1. The molecule has 72 valence electrons. The van der Waals surface area contributed by atoms with Crippen molar-refractivity contribution in [1.82, 2.24) is 15.1 Å². The van der Waals surface area contributed by atoms with E-state index >= 15 is 0 Å². The summed E-state index contributed by atoms with van der Waals surface area (Å²) in [7, 11) is 0. The van der Waals surface area contributed by atoms with Gasteiger partial charge in [0.2, 0.25) is 5.89 Å². The van der Waals surface area contributed by atoms with Crippen LogP contribution in [-0.4, -0.2) is 15.1 Å². The predicted molar refractivity (Wildman–Crippen MR) is 49.3 cm³/mol. The van der Waals surface area contributed by atoms with Gasteiger partial charge in [0.1, 0.15) is 6.04 Å². The molecule has 2 N–H and O–H groups in total. The molecule has 2 aromatic rings. The van der Waals surface area contributed by atoms with E-state index in [0.29, 0.717) is 11.7 Å². The largest absolute Gasteiger partial charge is 0.337 e. The van der Waals surface area contributed by atoms with Crippen molar-refractivity contribution in [2.24, 2.45) is 5.73 Å². The van der Waals surface area contributed by atoms with Crippen LogP contribution >= 0.6 is 0 Å². The average Bonchev–Trinajstić information content (AvgIpc) is 2.65. The Labute approximate surface area is 81.0 Å². The third kappa shape index (κ3) is 1.62. The van der Waals surface area contributed by atoms with Crippen LogP contribution in [0.3, 0.4) is 0 Å². The molecule has 0 bridgehead atoms. The summed E-state index contributed by atoms with van der Waals surface area (Å²) in [5.74, 6) is 0.995. The Morgan fingerprint density at radius 1 is 1.50 bits per heavy atom. The maximum Gasteiger partial charge on any atom is 0.248 e. The molecular formula is C9H10N4O. The van der Waals surface area contributed by atoms with Crippen LogP contribution in [0.4, 0.5) is 0 Å². The second kappa shape index (κ2) is 3.55. The lowest BCUT2D eigenvalue weighted by Gasteiger charge is -2.04. The van der Waals surface area contributed by atoms with Crippen LogP contribution in [0.15, 0.2) is 29.0 Å². The standard InChI is InChI=1S/C9H10N4O/c1-6-12-9(14-13-6)8(10)7-3-2-4-11-5-7/h2-5,8H,10H2,1H3/t8-/m0/s1. The van der Waals surface area contributed by atoms with Crippen LogP contribution in [-0.2, 0) is 0 Å². The first-order valence-corrected chi connectivity index (χ1v) is 4.23. The second-order valence-electron chi connectivity index (χ2n) is 2.94. The van der Waals surface area contributed by atoms with E-state index in [1.54, 1.807) is 19.3 Å². The molecule has 0 amide bonds. The molecule has 0 aromatic carbocycles.